The molecule has 26 heavy (non-hydrogen) atoms. The number of nitrogens with zero attached hydrogens (tertiary/aromatic N) is 4. The summed E-state index contributed by atoms with van der Waals surface area (Å²) in [6.07, 6.45) is 0. The zero-order chi connectivity index (χ0) is 18.4. The Kier molecular flexibility index (Phi) is 5.78. The van der Waals surface area contributed by atoms with Crippen LogP contribution in [0.4, 0.5) is 0 Å². The van der Waals surface area contributed by atoms with E-state index in [0.717, 1.165) is 16.9 Å². The Labute approximate surface area is 156 Å². The largest absolute Gasteiger partial charge is 0.437 e. The lowest BCUT2D eigenvalue weighted by atomic mass is 10.1. The van der Waals surface area contributed by atoms with Crippen LogP contribution in [-0.4, -0.2) is 33.9 Å². The topological polar surface area (TPSA) is 64.3 Å². The average molecular weight is 368 g/mol. The van der Waals surface area contributed by atoms with Gasteiger partial charge in [-0.05, 0) is 43.4 Å². The third-order valence-electron chi connectivity index (χ3n) is 3.39. The van der Waals surface area contributed by atoms with Crippen LogP contribution < -0.4 is 10.1 Å². The van der Waals surface area contributed by atoms with Crippen LogP contribution in [0.15, 0.2) is 66.7 Å². The van der Waals surface area contributed by atoms with Crippen LogP contribution in [0, 0.1) is 0 Å². The minimum Gasteiger partial charge on any atom is -0.437 e. The van der Waals surface area contributed by atoms with E-state index in [9.17, 15) is 0 Å². The van der Waals surface area contributed by atoms with E-state index in [1.165, 1.54) is 4.52 Å². The van der Waals surface area contributed by atoms with Crippen LogP contribution in [0.2, 0.25) is 5.28 Å². The summed E-state index contributed by atoms with van der Waals surface area (Å²) >= 11 is 5.95. The summed E-state index contributed by atoms with van der Waals surface area (Å²) in [6.45, 7) is 0. The Hall–Kier alpha value is -2.96. The number of aromatic nitrogens is 4. The van der Waals surface area contributed by atoms with Crippen molar-refractivity contribution in [3.8, 4) is 22.8 Å². The van der Waals surface area contributed by atoms with Crippen molar-refractivity contribution in [1.29, 1.82) is 0 Å². The zero-order valence-corrected chi connectivity index (χ0v) is 15.2. The summed E-state index contributed by atoms with van der Waals surface area (Å²) in [5.74, 6) is 1.14. The highest BCUT2D eigenvalue weighted by Gasteiger charge is 2.09. The van der Waals surface area contributed by atoms with E-state index < -0.39 is 0 Å². The van der Waals surface area contributed by atoms with Gasteiger partial charge in [-0.1, -0.05) is 48.5 Å². The lowest BCUT2D eigenvalue weighted by Gasteiger charge is -2.10. The van der Waals surface area contributed by atoms with Gasteiger partial charge in [0, 0.05) is 11.6 Å². The van der Waals surface area contributed by atoms with Gasteiger partial charge in [-0.15, -0.1) is 15.3 Å². The van der Waals surface area contributed by atoms with Gasteiger partial charge in [0.15, 0.2) is 5.65 Å². The number of ether oxygens (including phenoxy) is 1. The van der Waals surface area contributed by atoms with Gasteiger partial charge in [-0.25, -0.2) is 0 Å². The van der Waals surface area contributed by atoms with Gasteiger partial charge in [0.2, 0.25) is 11.2 Å². The molecule has 4 aromatic rings. The molecule has 0 saturated heterocycles. The van der Waals surface area contributed by atoms with Gasteiger partial charge in [0.25, 0.3) is 0 Å². The molecule has 0 unspecified atom stereocenters. The Morgan fingerprint density at radius 3 is 2.35 bits per heavy atom. The average Bonchev–Trinajstić information content (AvgIpc) is 3.04. The molecule has 6 nitrogen and oxygen atoms in total. The number of hydrogen-bond acceptors (Lipinski definition) is 5. The first-order chi connectivity index (χ1) is 12.7. The quantitative estimate of drug-likeness (QED) is 0.591. The minimum absolute atomic E-state index is 0.196. The molecule has 1 N–H and O–H groups in total. The van der Waals surface area contributed by atoms with Gasteiger partial charge in [0.1, 0.15) is 5.75 Å². The van der Waals surface area contributed by atoms with Gasteiger partial charge >= 0.3 is 0 Å². The molecule has 132 valence electrons. The molecule has 0 spiro atoms. The van der Waals surface area contributed by atoms with E-state index in [0.29, 0.717) is 11.5 Å². The molecule has 0 aliphatic rings. The fourth-order valence-corrected chi connectivity index (χ4v) is 2.49. The summed E-state index contributed by atoms with van der Waals surface area (Å²) in [7, 11) is 3.75. The standard InChI is InChI=1S/C17H11ClN4O.C2H7N/c18-17-20-19-15-10-11-16(21-22(15)17)23-14-9-5-4-8-13(14)12-6-2-1-3-7-12;1-3-2/h1-11H;3H,1-2H3. The number of benzene rings is 2. The van der Waals surface area contributed by atoms with Crippen LogP contribution in [0.3, 0.4) is 0 Å². The Bertz CT molecular complexity index is 988. The van der Waals surface area contributed by atoms with Crippen LogP contribution in [0.1, 0.15) is 0 Å². The maximum Gasteiger partial charge on any atom is 0.246 e. The van der Waals surface area contributed by atoms with Gasteiger partial charge in [-0.3, -0.25) is 0 Å². The van der Waals surface area contributed by atoms with Gasteiger partial charge in [0.05, 0.1) is 0 Å². The van der Waals surface area contributed by atoms with E-state index in [-0.39, 0.29) is 5.28 Å². The van der Waals surface area contributed by atoms with E-state index in [4.69, 9.17) is 16.3 Å². The second-order valence-corrected chi connectivity index (χ2v) is 5.71. The Balaban J connectivity index is 0.000000613. The monoisotopic (exact) mass is 367 g/mol. The number of hydrogen-bond donors (Lipinski definition) is 1. The van der Waals surface area contributed by atoms with E-state index in [1.54, 1.807) is 12.1 Å². The first kappa shape index (κ1) is 17.8. The molecule has 0 amide bonds. The third-order valence-corrected chi connectivity index (χ3v) is 3.62. The first-order valence-corrected chi connectivity index (χ1v) is 8.39. The molecule has 0 saturated carbocycles. The first-order valence-electron chi connectivity index (χ1n) is 8.01. The number of halogens is 1. The van der Waals surface area contributed by atoms with Crippen molar-refractivity contribution in [1.82, 2.24) is 25.1 Å². The predicted molar refractivity (Wildman–Crippen MR) is 103 cm³/mol. The fraction of sp³-hybridized carbons (Fsp3) is 0.105. The number of rotatable bonds is 3. The number of fused-ring (bicyclic) bond motifs is 1. The maximum atomic E-state index is 5.95. The van der Waals surface area contributed by atoms with Crippen LogP contribution in [-0.2, 0) is 0 Å². The summed E-state index contributed by atoms with van der Waals surface area (Å²) in [6, 6.07) is 21.3. The lowest BCUT2D eigenvalue weighted by Crippen LogP contribution is -1.96. The highest BCUT2D eigenvalue weighted by Crippen LogP contribution is 2.32. The zero-order valence-electron chi connectivity index (χ0n) is 14.4. The van der Waals surface area contributed by atoms with E-state index >= 15 is 0 Å². The Morgan fingerprint density at radius 1 is 0.885 bits per heavy atom. The van der Waals surface area contributed by atoms with Crippen LogP contribution in [0.25, 0.3) is 16.8 Å². The third kappa shape index (κ3) is 3.99. The molecule has 0 aliphatic carbocycles. The molecular weight excluding hydrogens is 350 g/mol. The van der Waals surface area contributed by atoms with Crippen molar-refractivity contribution in [2.75, 3.05) is 14.1 Å². The molecule has 7 heteroatoms. The highest BCUT2D eigenvalue weighted by atomic mass is 35.5. The maximum absolute atomic E-state index is 5.95. The number of nitrogens with one attached hydrogen (secondary N) is 1. The molecule has 2 heterocycles. The SMILES string of the molecule is CNC.Clc1nnc2ccc(Oc3ccccc3-c3ccccc3)nn12. The lowest BCUT2D eigenvalue weighted by molar-refractivity contribution is 0.454. The molecule has 0 atom stereocenters. The molecule has 2 aromatic heterocycles. The fourth-order valence-electron chi connectivity index (χ4n) is 2.32. The molecule has 0 bridgehead atoms. The molecule has 2 aromatic carbocycles. The summed E-state index contributed by atoms with van der Waals surface area (Å²) in [5, 5.41) is 14.9. The summed E-state index contributed by atoms with van der Waals surface area (Å²) < 4.78 is 7.38. The van der Waals surface area contributed by atoms with Crippen molar-refractivity contribution in [2.45, 2.75) is 0 Å². The van der Waals surface area contributed by atoms with Crippen molar-refractivity contribution < 1.29 is 4.74 Å². The van der Waals surface area contributed by atoms with Gasteiger partial charge in [-0.2, -0.15) is 4.52 Å². The van der Waals surface area contributed by atoms with Gasteiger partial charge < -0.3 is 10.1 Å². The van der Waals surface area contributed by atoms with E-state index in [1.807, 2.05) is 68.7 Å². The number of para-hydroxylation sites is 1. The smallest absolute Gasteiger partial charge is 0.246 e. The summed E-state index contributed by atoms with van der Waals surface area (Å²) in [4.78, 5) is 0. The minimum atomic E-state index is 0.196. The second kappa shape index (κ2) is 8.42. The molecule has 0 radical (unpaired) electrons. The molecule has 4 rings (SSSR count). The molecule has 0 fully saturated rings. The van der Waals surface area contributed by atoms with E-state index in [2.05, 4.69) is 20.6 Å². The Morgan fingerprint density at radius 2 is 1.58 bits per heavy atom. The van der Waals surface area contributed by atoms with Crippen LogP contribution >= 0.6 is 11.6 Å². The predicted octanol–water partition coefficient (Wildman–Crippen LogP) is 4.07. The van der Waals surface area contributed by atoms with Crippen molar-refractivity contribution in [3.63, 3.8) is 0 Å². The van der Waals surface area contributed by atoms with Crippen LogP contribution in [0.5, 0.6) is 11.6 Å². The second-order valence-electron chi connectivity index (χ2n) is 5.37. The molecular formula is C19H18ClN5O. The molecule has 0 aliphatic heterocycles. The van der Waals surface area contributed by atoms with Crippen molar-refractivity contribution >= 4 is 17.2 Å². The highest BCUT2D eigenvalue weighted by molar-refractivity contribution is 6.28. The van der Waals surface area contributed by atoms with Crippen molar-refractivity contribution in [2.24, 2.45) is 0 Å². The normalized spacial score (nSPS) is 10.3. The summed E-state index contributed by atoms with van der Waals surface area (Å²) in [5.41, 5.74) is 2.63. The van der Waals surface area contributed by atoms with Crippen molar-refractivity contribution in [3.05, 3.63) is 72.0 Å².